The van der Waals surface area contributed by atoms with Crippen LogP contribution in [0.1, 0.15) is 67.7 Å². The Kier molecular flexibility index (Phi) is 9.76. The number of nitrogens with zero attached hydrogens (tertiary/aromatic N) is 1. The molecule has 1 N–H and O–H groups in total. The fourth-order valence-electron chi connectivity index (χ4n) is 2.44. The fourth-order valence-corrected chi connectivity index (χ4v) is 2.44. The third-order valence-corrected chi connectivity index (χ3v) is 3.61. The van der Waals surface area contributed by atoms with Gasteiger partial charge in [0.2, 0.25) is 0 Å². The lowest BCUT2D eigenvalue weighted by molar-refractivity contribution is 0.112. The largest absolute Gasteiger partial charge is 0.313 e. The first kappa shape index (κ1) is 17.9. The molecular formula is C16H36N2. The molecule has 0 radical (unpaired) electrons. The Morgan fingerprint density at radius 1 is 0.944 bits per heavy atom. The number of rotatable bonds is 10. The van der Waals surface area contributed by atoms with Gasteiger partial charge < -0.3 is 5.32 Å². The van der Waals surface area contributed by atoms with E-state index < -0.39 is 0 Å². The minimum atomic E-state index is 0.580. The van der Waals surface area contributed by atoms with Gasteiger partial charge >= 0.3 is 0 Å². The quantitative estimate of drug-likeness (QED) is 0.596. The van der Waals surface area contributed by atoms with Crippen molar-refractivity contribution < 1.29 is 0 Å². The van der Waals surface area contributed by atoms with Crippen molar-refractivity contribution >= 4 is 0 Å². The van der Waals surface area contributed by atoms with Gasteiger partial charge in [0.1, 0.15) is 0 Å². The molecule has 0 aliphatic carbocycles. The summed E-state index contributed by atoms with van der Waals surface area (Å²) in [6.45, 7) is 18.5. The summed E-state index contributed by atoms with van der Waals surface area (Å²) in [6.07, 6.45) is 3.99. The first-order valence-electron chi connectivity index (χ1n) is 7.89. The van der Waals surface area contributed by atoms with Crippen molar-refractivity contribution in [3.63, 3.8) is 0 Å². The van der Waals surface area contributed by atoms with Gasteiger partial charge in [-0.1, -0.05) is 47.5 Å². The minimum Gasteiger partial charge on any atom is -0.313 e. The Morgan fingerprint density at radius 2 is 1.56 bits per heavy atom. The van der Waals surface area contributed by atoms with Crippen LogP contribution >= 0.6 is 0 Å². The van der Waals surface area contributed by atoms with Crippen LogP contribution in [0.4, 0.5) is 0 Å². The van der Waals surface area contributed by atoms with Crippen molar-refractivity contribution in [2.45, 2.75) is 85.9 Å². The molecule has 0 aromatic rings. The van der Waals surface area contributed by atoms with Gasteiger partial charge in [0, 0.05) is 24.7 Å². The zero-order valence-electron chi connectivity index (χ0n) is 13.8. The highest BCUT2D eigenvalue weighted by atomic mass is 15.2. The third-order valence-electron chi connectivity index (χ3n) is 3.61. The Balaban J connectivity index is 4.45. The number of hydrogen-bond donors (Lipinski definition) is 1. The van der Waals surface area contributed by atoms with Crippen molar-refractivity contribution in [2.75, 3.05) is 13.1 Å². The molecule has 0 saturated heterocycles. The highest BCUT2D eigenvalue weighted by Crippen LogP contribution is 2.15. The number of nitrogens with one attached hydrogen (secondary N) is 1. The predicted molar refractivity (Wildman–Crippen MR) is 83.1 cm³/mol. The topological polar surface area (TPSA) is 15.3 Å². The van der Waals surface area contributed by atoms with Crippen molar-refractivity contribution in [1.29, 1.82) is 0 Å². The molecule has 0 amide bonds. The number of hydrogen-bond acceptors (Lipinski definition) is 2. The van der Waals surface area contributed by atoms with E-state index in [0.29, 0.717) is 24.0 Å². The van der Waals surface area contributed by atoms with Gasteiger partial charge in [-0.15, -0.1) is 0 Å². The number of unbranched alkanes of at least 4 members (excludes halogenated alkanes) is 2. The zero-order chi connectivity index (χ0) is 14.1. The van der Waals surface area contributed by atoms with Gasteiger partial charge in [0.25, 0.3) is 0 Å². The van der Waals surface area contributed by atoms with E-state index in [0.717, 1.165) is 6.54 Å². The van der Waals surface area contributed by atoms with E-state index in [1.807, 2.05) is 0 Å². The summed E-state index contributed by atoms with van der Waals surface area (Å²) in [7, 11) is 0. The van der Waals surface area contributed by atoms with E-state index >= 15 is 0 Å². The molecule has 0 bridgehead atoms. The molecule has 18 heavy (non-hydrogen) atoms. The average Bonchev–Trinajstić information content (AvgIpc) is 2.25. The summed E-state index contributed by atoms with van der Waals surface area (Å²) >= 11 is 0. The molecule has 0 aromatic carbocycles. The van der Waals surface area contributed by atoms with Crippen LogP contribution in [-0.4, -0.2) is 36.1 Å². The first-order chi connectivity index (χ1) is 8.40. The lowest BCUT2D eigenvalue weighted by Gasteiger charge is -2.38. The summed E-state index contributed by atoms with van der Waals surface area (Å²) in [5.74, 6) is 0.709. The SMILES string of the molecule is CCCCCN(C(C)C)C(CNC(C)C)C(C)C. The molecule has 110 valence electrons. The molecule has 0 saturated carbocycles. The van der Waals surface area contributed by atoms with Gasteiger partial charge in [-0.2, -0.15) is 0 Å². The minimum absolute atomic E-state index is 0.580. The normalized spacial score (nSPS) is 14.2. The van der Waals surface area contributed by atoms with Crippen molar-refractivity contribution in [2.24, 2.45) is 5.92 Å². The van der Waals surface area contributed by atoms with Crippen molar-refractivity contribution in [3.8, 4) is 0 Å². The Bertz CT molecular complexity index is 188. The molecule has 0 fully saturated rings. The Labute approximate surface area is 116 Å². The molecular weight excluding hydrogens is 220 g/mol. The van der Waals surface area contributed by atoms with E-state index in [-0.39, 0.29) is 0 Å². The molecule has 1 unspecified atom stereocenters. The molecule has 0 aliphatic rings. The maximum Gasteiger partial charge on any atom is 0.0246 e. The Hall–Kier alpha value is -0.0800. The molecule has 2 heteroatoms. The summed E-state index contributed by atoms with van der Waals surface area (Å²) in [4.78, 5) is 2.69. The van der Waals surface area contributed by atoms with Crippen molar-refractivity contribution in [3.05, 3.63) is 0 Å². The summed E-state index contributed by atoms with van der Waals surface area (Å²) in [6, 6.07) is 1.88. The highest BCUT2D eigenvalue weighted by Gasteiger charge is 2.23. The maximum atomic E-state index is 3.61. The van der Waals surface area contributed by atoms with Crippen LogP contribution in [0, 0.1) is 5.92 Å². The van der Waals surface area contributed by atoms with Gasteiger partial charge in [-0.25, -0.2) is 0 Å². The molecule has 2 nitrogen and oxygen atoms in total. The van der Waals surface area contributed by atoms with Crippen LogP contribution in [-0.2, 0) is 0 Å². The lowest BCUT2D eigenvalue weighted by atomic mass is 10.00. The summed E-state index contributed by atoms with van der Waals surface area (Å²) in [5, 5.41) is 3.61. The zero-order valence-corrected chi connectivity index (χ0v) is 13.8. The Morgan fingerprint density at radius 3 is 1.94 bits per heavy atom. The van der Waals surface area contributed by atoms with Crippen LogP contribution in [0.5, 0.6) is 0 Å². The molecule has 1 atom stereocenters. The molecule has 0 aromatic heterocycles. The second kappa shape index (κ2) is 9.80. The van der Waals surface area contributed by atoms with Gasteiger partial charge in [0.15, 0.2) is 0 Å². The van der Waals surface area contributed by atoms with Crippen LogP contribution < -0.4 is 5.32 Å². The third kappa shape index (κ3) is 7.38. The fraction of sp³-hybridized carbons (Fsp3) is 1.00. The standard InChI is InChI=1S/C16H36N2/c1-8-9-10-11-18(15(6)7)16(13(2)3)12-17-14(4)5/h13-17H,8-12H2,1-7H3. The second-order valence-corrected chi connectivity index (χ2v) is 6.41. The second-order valence-electron chi connectivity index (χ2n) is 6.41. The molecule has 0 aliphatic heterocycles. The van der Waals surface area contributed by atoms with Gasteiger partial charge in [-0.05, 0) is 32.7 Å². The smallest absolute Gasteiger partial charge is 0.0246 e. The maximum absolute atomic E-state index is 3.61. The summed E-state index contributed by atoms with van der Waals surface area (Å²) < 4.78 is 0. The van der Waals surface area contributed by atoms with E-state index in [4.69, 9.17) is 0 Å². The molecule has 0 heterocycles. The molecule has 0 rings (SSSR count). The highest BCUT2D eigenvalue weighted by molar-refractivity contribution is 4.80. The van der Waals surface area contributed by atoms with E-state index in [1.165, 1.54) is 25.8 Å². The van der Waals surface area contributed by atoms with Gasteiger partial charge in [-0.3, -0.25) is 4.90 Å². The van der Waals surface area contributed by atoms with Crippen LogP contribution in [0.25, 0.3) is 0 Å². The van der Waals surface area contributed by atoms with Crippen molar-refractivity contribution in [1.82, 2.24) is 10.2 Å². The predicted octanol–water partition coefficient (Wildman–Crippen LogP) is 3.91. The lowest BCUT2D eigenvalue weighted by Crippen LogP contribution is -2.50. The first-order valence-corrected chi connectivity index (χ1v) is 7.89. The van der Waals surface area contributed by atoms with Gasteiger partial charge in [0.05, 0.1) is 0 Å². The summed E-state index contributed by atoms with van der Waals surface area (Å²) in [5.41, 5.74) is 0. The monoisotopic (exact) mass is 256 g/mol. The van der Waals surface area contributed by atoms with E-state index in [9.17, 15) is 0 Å². The molecule has 0 spiro atoms. The van der Waals surface area contributed by atoms with E-state index in [1.54, 1.807) is 0 Å². The van der Waals surface area contributed by atoms with Crippen LogP contribution in [0.15, 0.2) is 0 Å². The average molecular weight is 256 g/mol. The van der Waals surface area contributed by atoms with Crippen LogP contribution in [0.3, 0.4) is 0 Å². The van der Waals surface area contributed by atoms with E-state index in [2.05, 4.69) is 58.7 Å². The van der Waals surface area contributed by atoms with Crippen LogP contribution in [0.2, 0.25) is 0 Å².